The fraction of sp³-hybridized carbons (Fsp3) is 0.286. The van der Waals surface area contributed by atoms with E-state index >= 15 is 0 Å². The van der Waals surface area contributed by atoms with Gasteiger partial charge in [-0.2, -0.15) is 4.98 Å². The molecule has 1 unspecified atom stereocenters. The lowest BCUT2D eigenvalue weighted by Gasteiger charge is -2.17. The minimum Gasteiger partial charge on any atom is -0.497 e. The van der Waals surface area contributed by atoms with Crippen LogP contribution in [0.5, 0.6) is 11.5 Å². The van der Waals surface area contributed by atoms with Crippen LogP contribution in [0.25, 0.3) is 11.5 Å². The molecule has 1 fully saturated rings. The van der Waals surface area contributed by atoms with E-state index < -0.39 is 0 Å². The van der Waals surface area contributed by atoms with Gasteiger partial charge in [0.15, 0.2) is 5.82 Å². The van der Waals surface area contributed by atoms with Gasteiger partial charge in [0.2, 0.25) is 5.91 Å². The van der Waals surface area contributed by atoms with Crippen molar-refractivity contribution < 1.29 is 18.8 Å². The zero-order valence-corrected chi connectivity index (χ0v) is 17.1. The van der Waals surface area contributed by atoms with Gasteiger partial charge < -0.3 is 18.9 Å². The Morgan fingerprint density at radius 2 is 2.00 bits per heavy atom. The Balaban J connectivity index is 1.57. The van der Waals surface area contributed by atoms with Crippen LogP contribution in [0.1, 0.15) is 23.7 Å². The maximum absolute atomic E-state index is 12.6. The summed E-state index contributed by atoms with van der Waals surface area (Å²) in [6, 6.07) is 10.9. The van der Waals surface area contributed by atoms with Crippen molar-refractivity contribution in [3.8, 4) is 23.0 Å². The summed E-state index contributed by atoms with van der Waals surface area (Å²) in [6.07, 6.45) is 0.320. The molecular formula is C21H20ClN3O4. The molecule has 0 aliphatic carbocycles. The van der Waals surface area contributed by atoms with E-state index in [1.54, 1.807) is 43.4 Å². The maximum Gasteiger partial charge on any atom is 0.261 e. The predicted octanol–water partition coefficient (Wildman–Crippen LogP) is 4.24. The maximum atomic E-state index is 12.6. The minimum atomic E-state index is -0.153. The molecule has 1 amide bonds. The van der Waals surface area contributed by atoms with Gasteiger partial charge in [0, 0.05) is 35.7 Å². The van der Waals surface area contributed by atoms with Gasteiger partial charge in [-0.1, -0.05) is 16.8 Å². The molecule has 0 N–H and O–H groups in total. The van der Waals surface area contributed by atoms with E-state index in [4.69, 9.17) is 25.6 Å². The second-order valence-electron chi connectivity index (χ2n) is 6.86. The number of benzene rings is 2. The van der Waals surface area contributed by atoms with Crippen LogP contribution >= 0.6 is 11.6 Å². The highest BCUT2D eigenvalue weighted by atomic mass is 35.5. The molecule has 4 rings (SSSR count). The Labute approximate surface area is 173 Å². The Morgan fingerprint density at radius 3 is 2.72 bits per heavy atom. The van der Waals surface area contributed by atoms with Gasteiger partial charge >= 0.3 is 0 Å². The first-order valence-corrected chi connectivity index (χ1v) is 9.50. The fourth-order valence-electron chi connectivity index (χ4n) is 3.41. The third kappa shape index (κ3) is 3.65. The Kier molecular flexibility index (Phi) is 5.15. The number of nitrogens with zero attached hydrogens (tertiary/aromatic N) is 3. The largest absolute Gasteiger partial charge is 0.497 e. The van der Waals surface area contributed by atoms with Crippen LogP contribution in [-0.2, 0) is 4.79 Å². The predicted molar refractivity (Wildman–Crippen MR) is 109 cm³/mol. The number of halogens is 1. The summed E-state index contributed by atoms with van der Waals surface area (Å²) in [6.45, 7) is 2.40. The molecule has 2 aromatic carbocycles. The SMILES string of the molecule is COc1ccc(-c2nc(C3CC(=O)N(c4ccc(Cl)c(C)c4)C3)no2)c(OC)c1. The van der Waals surface area contributed by atoms with Crippen LogP contribution < -0.4 is 14.4 Å². The lowest BCUT2D eigenvalue weighted by molar-refractivity contribution is -0.117. The minimum absolute atomic E-state index is 0.0186. The Hall–Kier alpha value is -3.06. The summed E-state index contributed by atoms with van der Waals surface area (Å²) >= 11 is 6.10. The van der Waals surface area contributed by atoms with Gasteiger partial charge in [-0.25, -0.2) is 0 Å². The number of ether oxygens (including phenoxy) is 2. The molecule has 3 aromatic rings. The zero-order valence-electron chi connectivity index (χ0n) is 16.3. The first-order valence-electron chi connectivity index (χ1n) is 9.12. The molecule has 1 saturated heterocycles. The molecule has 7 nitrogen and oxygen atoms in total. The molecular weight excluding hydrogens is 394 g/mol. The first-order chi connectivity index (χ1) is 14.0. The monoisotopic (exact) mass is 413 g/mol. The smallest absolute Gasteiger partial charge is 0.261 e. The average molecular weight is 414 g/mol. The van der Waals surface area contributed by atoms with Crippen LogP contribution in [0.3, 0.4) is 0 Å². The molecule has 0 radical (unpaired) electrons. The molecule has 1 aromatic heterocycles. The number of aromatic nitrogens is 2. The zero-order chi connectivity index (χ0) is 20.5. The van der Waals surface area contributed by atoms with Gasteiger partial charge in [0.25, 0.3) is 5.89 Å². The number of carbonyl (C=O) groups is 1. The van der Waals surface area contributed by atoms with E-state index in [1.165, 1.54) is 0 Å². The molecule has 150 valence electrons. The highest BCUT2D eigenvalue weighted by Crippen LogP contribution is 2.35. The van der Waals surface area contributed by atoms with E-state index in [9.17, 15) is 4.79 Å². The summed E-state index contributed by atoms with van der Waals surface area (Å²) in [7, 11) is 3.15. The lowest BCUT2D eigenvalue weighted by Crippen LogP contribution is -2.24. The van der Waals surface area contributed by atoms with Crippen LogP contribution in [0.2, 0.25) is 5.02 Å². The van der Waals surface area contributed by atoms with E-state index in [-0.39, 0.29) is 11.8 Å². The summed E-state index contributed by atoms with van der Waals surface area (Å²) in [5, 5.41) is 4.79. The molecule has 1 aliphatic heterocycles. The van der Waals surface area contributed by atoms with Crippen molar-refractivity contribution in [1.29, 1.82) is 0 Å². The number of carbonyl (C=O) groups excluding carboxylic acids is 1. The summed E-state index contributed by atoms with van der Waals surface area (Å²) in [5.74, 6) is 1.94. The van der Waals surface area contributed by atoms with Crippen molar-refractivity contribution in [3.63, 3.8) is 0 Å². The molecule has 29 heavy (non-hydrogen) atoms. The number of aryl methyl sites for hydroxylation is 1. The van der Waals surface area contributed by atoms with Gasteiger partial charge in [0.1, 0.15) is 11.5 Å². The Morgan fingerprint density at radius 1 is 1.17 bits per heavy atom. The van der Waals surface area contributed by atoms with E-state index in [0.717, 1.165) is 11.3 Å². The standard InChI is InChI=1S/C21H20ClN3O4/c1-12-8-14(4-7-17(12)22)25-11-13(9-19(25)26)20-23-21(29-24-20)16-6-5-15(27-2)10-18(16)28-3/h4-8,10,13H,9,11H2,1-3H3. The topological polar surface area (TPSA) is 77.7 Å². The number of rotatable bonds is 5. The van der Waals surface area contributed by atoms with Gasteiger partial charge in [0.05, 0.1) is 19.8 Å². The van der Waals surface area contributed by atoms with Crippen molar-refractivity contribution in [2.75, 3.05) is 25.7 Å². The van der Waals surface area contributed by atoms with E-state index in [0.29, 0.717) is 46.8 Å². The highest BCUT2D eigenvalue weighted by molar-refractivity contribution is 6.31. The third-order valence-electron chi connectivity index (χ3n) is 5.02. The molecule has 1 atom stereocenters. The quantitative estimate of drug-likeness (QED) is 0.622. The van der Waals surface area contributed by atoms with Gasteiger partial charge in [-0.3, -0.25) is 4.79 Å². The fourth-order valence-corrected chi connectivity index (χ4v) is 3.53. The van der Waals surface area contributed by atoms with E-state index in [1.807, 2.05) is 19.1 Å². The van der Waals surface area contributed by atoms with Crippen LogP contribution in [0.4, 0.5) is 5.69 Å². The van der Waals surface area contributed by atoms with Gasteiger partial charge in [-0.05, 0) is 42.8 Å². The van der Waals surface area contributed by atoms with Crippen molar-refractivity contribution in [3.05, 3.63) is 52.8 Å². The van der Waals surface area contributed by atoms with Gasteiger partial charge in [-0.15, -0.1) is 0 Å². The molecule has 0 bridgehead atoms. The molecule has 1 aliphatic rings. The summed E-state index contributed by atoms with van der Waals surface area (Å²) in [4.78, 5) is 18.8. The number of hydrogen-bond acceptors (Lipinski definition) is 6. The average Bonchev–Trinajstić information content (AvgIpc) is 3.36. The number of hydrogen-bond donors (Lipinski definition) is 0. The first kappa shape index (κ1) is 19.3. The highest BCUT2D eigenvalue weighted by Gasteiger charge is 2.35. The van der Waals surface area contributed by atoms with E-state index in [2.05, 4.69) is 10.1 Å². The second kappa shape index (κ2) is 7.75. The van der Waals surface area contributed by atoms with Crippen molar-refractivity contribution in [1.82, 2.24) is 10.1 Å². The lowest BCUT2D eigenvalue weighted by atomic mass is 10.1. The molecule has 0 saturated carbocycles. The number of amides is 1. The molecule has 0 spiro atoms. The molecule has 2 heterocycles. The van der Waals surface area contributed by atoms with Crippen LogP contribution in [0.15, 0.2) is 40.9 Å². The summed E-state index contributed by atoms with van der Waals surface area (Å²) in [5.41, 5.74) is 2.41. The van der Waals surface area contributed by atoms with Crippen molar-refractivity contribution >= 4 is 23.2 Å². The van der Waals surface area contributed by atoms with Crippen molar-refractivity contribution in [2.24, 2.45) is 0 Å². The summed E-state index contributed by atoms with van der Waals surface area (Å²) < 4.78 is 16.1. The molecule has 8 heteroatoms. The number of anilines is 1. The van der Waals surface area contributed by atoms with Crippen molar-refractivity contribution in [2.45, 2.75) is 19.3 Å². The number of methoxy groups -OCH3 is 2. The van der Waals surface area contributed by atoms with Crippen LogP contribution in [0, 0.1) is 6.92 Å². The third-order valence-corrected chi connectivity index (χ3v) is 5.45. The van der Waals surface area contributed by atoms with Crippen LogP contribution in [-0.4, -0.2) is 36.8 Å². The Bertz CT molecular complexity index is 1070. The normalized spacial score (nSPS) is 16.3. The second-order valence-corrected chi connectivity index (χ2v) is 7.27.